The molecule has 0 spiro atoms. The van der Waals surface area contributed by atoms with Gasteiger partial charge in [-0.15, -0.1) is 0 Å². The highest BCUT2D eigenvalue weighted by Gasteiger charge is 2.24. The molecule has 3 aromatic carbocycles. The molecule has 0 saturated carbocycles. The zero-order valence-electron chi connectivity index (χ0n) is 15.7. The maximum Gasteiger partial charge on any atom is 0.297 e. The largest absolute Gasteiger partial charge is 0.297 e. The topological polar surface area (TPSA) is 91.3 Å². The van der Waals surface area contributed by atoms with Crippen molar-refractivity contribution in [3.8, 4) is 16.9 Å². The second kappa shape index (κ2) is 6.72. The highest BCUT2D eigenvalue weighted by atomic mass is 35.7. The van der Waals surface area contributed by atoms with Crippen molar-refractivity contribution in [3.05, 3.63) is 71.3 Å². The lowest BCUT2D eigenvalue weighted by Crippen LogP contribution is -2.63. The normalized spacial score (nSPS) is 11.9. The summed E-state index contributed by atoms with van der Waals surface area (Å²) in [6.07, 6.45) is 0. The van der Waals surface area contributed by atoms with Crippen LogP contribution in [0.15, 0.2) is 54.6 Å². The predicted octanol–water partition coefficient (Wildman–Crippen LogP) is 2.26. The van der Waals surface area contributed by atoms with Gasteiger partial charge in [-0.3, -0.25) is 0 Å². The van der Waals surface area contributed by atoms with Crippen molar-refractivity contribution < 1.29 is 28.5 Å². The molecule has 0 aliphatic heterocycles. The Labute approximate surface area is 164 Å². The zero-order valence-corrected chi connectivity index (χ0v) is 16.4. The van der Waals surface area contributed by atoms with Crippen LogP contribution < -0.4 is 18.3 Å². The molecule has 0 radical (unpaired) electrons. The average Bonchev–Trinajstić information content (AvgIpc) is 2.61. The van der Waals surface area contributed by atoms with Gasteiger partial charge in [0.15, 0.2) is 0 Å². The quantitative estimate of drug-likeness (QED) is 0.496. The summed E-state index contributed by atoms with van der Waals surface area (Å²) in [6, 6.07) is 16.9. The lowest BCUT2D eigenvalue weighted by Gasteiger charge is -2.16. The number of aryl methyl sites for hydroxylation is 3. The Morgan fingerprint density at radius 2 is 1.43 bits per heavy atom. The molecule has 4 rings (SSSR count). The molecule has 0 atom stereocenters. The van der Waals surface area contributed by atoms with Crippen LogP contribution in [-0.4, -0.2) is 4.98 Å². The lowest BCUT2D eigenvalue weighted by atomic mass is 9.93. The van der Waals surface area contributed by atoms with E-state index in [0.717, 1.165) is 38.7 Å². The number of pyridine rings is 1. The SMILES string of the molecule is Cc1cccc(C)c1-c1ccc(O[Cl+3]([O-])([O-])[O-])c2cc3cccc(C)c3nc12. The smallest absolute Gasteiger partial charge is 0.247 e. The van der Waals surface area contributed by atoms with Gasteiger partial charge < -0.3 is 0 Å². The minimum absolute atomic E-state index is 0.0300. The summed E-state index contributed by atoms with van der Waals surface area (Å²) in [5.74, 6) is -0.0300. The molecule has 0 aliphatic carbocycles. The van der Waals surface area contributed by atoms with Gasteiger partial charge in [0.25, 0.3) is 5.75 Å². The Bertz CT molecular complexity index is 1190. The molecular formula is C22H18ClNO4. The van der Waals surface area contributed by atoms with Crippen molar-refractivity contribution in [1.29, 1.82) is 0 Å². The third-order valence-electron chi connectivity index (χ3n) is 4.90. The standard InChI is InChI=1S/C22H18ClNO4/c1-13-6-4-7-14(2)20(13)17-10-11-19(28-23(25,26)27)18-12-16-9-5-8-15(3)21(16)24-22(17)18/h4-12H,1-3H3. The third kappa shape index (κ3) is 3.30. The van der Waals surface area contributed by atoms with Crippen molar-refractivity contribution in [2.45, 2.75) is 20.8 Å². The van der Waals surface area contributed by atoms with Gasteiger partial charge in [0, 0.05) is 10.9 Å². The first-order valence-corrected chi connectivity index (χ1v) is 9.98. The van der Waals surface area contributed by atoms with Gasteiger partial charge in [-0.05, 0) is 61.2 Å². The molecule has 0 bridgehead atoms. The van der Waals surface area contributed by atoms with E-state index in [1.807, 2.05) is 63.2 Å². The second-order valence-electron chi connectivity index (χ2n) is 6.86. The molecule has 142 valence electrons. The van der Waals surface area contributed by atoms with Gasteiger partial charge in [-0.25, -0.2) is 4.98 Å². The van der Waals surface area contributed by atoms with Crippen LogP contribution in [0.5, 0.6) is 5.75 Å². The summed E-state index contributed by atoms with van der Waals surface area (Å²) in [5.41, 5.74) is 6.47. The van der Waals surface area contributed by atoms with Crippen LogP contribution in [0, 0.1) is 31.0 Å². The van der Waals surface area contributed by atoms with Crippen molar-refractivity contribution in [1.82, 2.24) is 4.98 Å². The predicted molar refractivity (Wildman–Crippen MR) is 99.5 cm³/mol. The Balaban J connectivity index is 2.12. The molecule has 5 nitrogen and oxygen atoms in total. The molecule has 0 aliphatic rings. The fourth-order valence-corrected chi connectivity index (χ4v) is 4.02. The number of rotatable bonds is 3. The van der Waals surface area contributed by atoms with E-state index in [1.54, 1.807) is 6.07 Å². The first kappa shape index (κ1) is 18.7. The number of hydrogen-bond donors (Lipinski definition) is 0. The molecule has 0 saturated heterocycles. The summed E-state index contributed by atoms with van der Waals surface area (Å²) in [7, 11) is -4.61. The summed E-state index contributed by atoms with van der Waals surface area (Å²) in [6.45, 7) is 6.01. The van der Waals surface area contributed by atoms with E-state index in [9.17, 15) is 14.0 Å². The van der Waals surface area contributed by atoms with Gasteiger partial charge in [0.2, 0.25) is 0 Å². The fourth-order valence-electron chi connectivity index (χ4n) is 3.68. The van der Waals surface area contributed by atoms with Gasteiger partial charge in [0.05, 0.1) is 16.4 Å². The summed E-state index contributed by atoms with van der Waals surface area (Å²) in [4.78, 5) is 4.85. The Kier molecular flexibility index (Phi) is 4.48. The fraction of sp³-hybridized carbons (Fsp3) is 0.136. The number of aromatic nitrogens is 1. The van der Waals surface area contributed by atoms with Gasteiger partial charge in [-0.2, -0.15) is 14.0 Å². The minimum Gasteiger partial charge on any atom is -0.247 e. The molecule has 1 aromatic heterocycles. The number of fused-ring (bicyclic) bond motifs is 2. The van der Waals surface area contributed by atoms with E-state index >= 15 is 0 Å². The number of nitrogens with zero attached hydrogens (tertiary/aromatic N) is 1. The monoisotopic (exact) mass is 395 g/mol. The van der Waals surface area contributed by atoms with E-state index < -0.39 is 10.2 Å². The first-order valence-electron chi connectivity index (χ1n) is 8.74. The van der Waals surface area contributed by atoms with Gasteiger partial charge >= 0.3 is 0 Å². The van der Waals surface area contributed by atoms with Crippen LogP contribution >= 0.6 is 0 Å². The Hall–Kier alpha value is -2.70. The maximum absolute atomic E-state index is 11.2. The number of halogens is 1. The molecule has 6 heteroatoms. The molecule has 0 N–H and O–H groups in total. The minimum atomic E-state index is -4.61. The summed E-state index contributed by atoms with van der Waals surface area (Å²) in [5, 5.41) is 1.32. The van der Waals surface area contributed by atoms with E-state index in [2.05, 4.69) is 0 Å². The van der Waals surface area contributed by atoms with Crippen LogP contribution in [-0.2, 0) is 0 Å². The van der Waals surface area contributed by atoms with Gasteiger partial charge in [0.1, 0.15) is 10.2 Å². The average molecular weight is 396 g/mol. The van der Waals surface area contributed by atoms with E-state index in [0.29, 0.717) is 10.9 Å². The van der Waals surface area contributed by atoms with Crippen LogP contribution in [0.3, 0.4) is 0 Å². The molecule has 28 heavy (non-hydrogen) atoms. The number of hydrogen-bond acceptors (Lipinski definition) is 5. The maximum atomic E-state index is 11.2. The molecule has 0 unspecified atom stereocenters. The van der Waals surface area contributed by atoms with E-state index in [-0.39, 0.29) is 5.75 Å². The third-order valence-corrected chi connectivity index (χ3v) is 5.25. The Morgan fingerprint density at radius 3 is 2.11 bits per heavy atom. The molecule has 4 aromatic rings. The summed E-state index contributed by atoms with van der Waals surface area (Å²) >= 11 is 0. The number of benzene rings is 3. The van der Waals surface area contributed by atoms with E-state index in [4.69, 9.17) is 9.27 Å². The highest BCUT2D eigenvalue weighted by molar-refractivity contribution is 6.04. The zero-order chi connectivity index (χ0) is 20.1. The van der Waals surface area contributed by atoms with Crippen molar-refractivity contribution in [3.63, 3.8) is 0 Å². The van der Waals surface area contributed by atoms with Crippen LogP contribution in [0.25, 0.3) is 32.9 Å². The van der Waals surface area contributed by atoms with Gasteiger partial charge in [-0.1, -0.05) is 40.7 Å². The van der Waals surface area contributed by atoms with Crippen LogP contribution in [0.2, 0.25) is 0 Å². The molecule has 1 heterocycles. The molecular weight excluding hydrogens is 378 g/mol. The number of para-hydroxylation sites is 1. The molecule has 0 amide bonds. The van der Waals surface area contributed by atoms with Crippen molar-refractivity contribution in [2.75, 3.05) is 0 Å². The van der Waals surface area contributed by atoms with Crippen LogP contribution in [0.1, 0.15) is 16.7 Å². The lowest BCUT2D eigenvalue weighted by molar-refractivity contribution is -1.91. The highest BCUT2D eigenvalue weighted by Crippen LogP contribution is 2.38. The summed E-state index contributed by atoms with van der Waals surface area (Å²) < 4.78 is 38.3. The molecule has 0 fully saturated rings. The van der Waals surface area contributed by atoms with E-state index in [1.165, 1.54) is 6.07 Å². The van der Waals surface area contributed by atoms with Crippen molar-refractivity contribution >= 4 is 21.8 Å². The Morgan fingerprint density at radius 1 is 0.786 bits per heavy atom. The van der Waals surface area contributed by atoms with Crippen molar-refractivity contribution in [2.24, 2.45) is 0 Å². The van der Waals surface area contributed by atoms with Crippen LogP contribution in [0.4, 0.5) is 0 Å². The second-order valence-corrected chi connectivity index (χ2v) is 7.77. The first-order chi connectivity index (χ1) is 13.2.